The number of carbonyl (C=O) groups is 2. The molecule has 3 N–H and O–H groups in total. The number of allylic oxidation sites excluding steroid dienone is 1. The van der Waals surface area contributed by atoms with Crippen molar-refractivity contribution in [1.29, 1.82) is 0 Å². The van der Waals surface area contributed by atoms with Crippen LogP contribution in [0.1, 0.15) is 46.0 Å². The molecule has 0 saturated heterocycles. The van der Waals surface area contributed by atoms with Gasteiger partial charge in [0.15, 0.2) is 0 Å². The van der Waals surface area contributed by atoms with E-state index < -0.39 is 11.3 Å². The smallest absolute Gasteiger partial charge is 0.243 e. The third-order valence-electron chi connectivity index (χ3n) is 3.20. The second-order valence-electron chi connectivity index (χ2n) is 5.33. The summed E-state index contributed by atoms with van der Waals surface area (Å²) >= 11 is 0. The summed E-state index contributed by atoms with van der Waals surface area (Å²) in [6, 6.07) is 0. The lowest BCUT2D eigenvalue weighted by molar-refractivity contribution is -0.126. The Morgan fingerprint density at radius 2 is 1.88 bits per heavy atom. The van der Waals surface area contributed by atoms with Gasteiger partial charge >= 0.3 is 0 Å². The third kappa shape index (κ3) is 4.59. The molecule has 17 heavy (non-hydrogen) atoms. The predicted molar refractivity (Wildman–Crippen MR) is 67.2 cm³/mol. The Hall–Kier alpha value is -1.32. The first kappa shape index (κ1) is 13.7. The average Bonchev–Trinajstić information content (AvgIpc) is 2.28. The van der Waals surface area contributed by atoms with Gasteiger partial charge in [-0.3, -0.25) is 9.59 Å². The van der Waals surface area contributed by atoms with Gasteiger partial charge in [-0.2, -0.15) is 0 Å². The fourth-order valence-corrected chi connectivity index (χ4v) is 1.78. The maximum Gasteiger partial charge on any atom is 0.243 e. The van der Waals surface area contributed by atoms with Crippen LogP contribution in [0, 0.1) is 5.41 Å². The predicted octanol–water partition coefficient (Wildman–Crippen LogP) is 1.50. The molecule has 1 saturated carbocycles. The SMILES string of the molecule is CC(C)(CNC(=O)C=C1CCCCC1)C(N)=O. The molecule has 0 aromatic rings. The highest BCUT2D eigenvalue weighted by Gasteiger charge is 2.25. The van der Waals surface area contributed by atoms with Gasteiger partial charge in [0, 0.05) is 12.6 Å². The Balaban J connectivity index is 2.42. The standard InChI is InChI=1S/C13H22N2O2/c1-13(2,12(14)17)9-15-11(16)8-10-6-4-3-5-7-10/h8H,3-7,9H2,1-2H3,(H2,14,17)(H,15,16). The minimum Gasteiger partial charge on any atom is -0.369 e. The molecule has 1 aliphatic carbocycles. The molecule has 0 aromatic heterocycles. The summed E-state index contributed by atoms with van der Waals surface area (Å²) in [5.74, 6) is -0.514. The molecule has 0 atom stereocenters. The number of hydrogen-bond donors (Lipinski definition) is 2. The third-order valence-corrected chi connectivity index (χ3v) is 3.20. The molecule has 1 rings (SSSR count). The van der Waals surface area contributed by atoms with E-state index >= 15 is 0 Å². The van der Waals surface area contributed by atoms with Crippen molar-refractivity contribution in [1.82, 2.24) is 5.32 Å². The Bertz CT molecular complexity index is 324. The van der Waals surface area contributed by atoms with Gasteiger partial charge in [0.05, 0.1) is 5.41 Å². The molecule has 0 aromatic carbocycles. The van der Waals surface area contributed by atoms with Crippen molar-refractivity contribution in [2.45, 2.75) is 46.0 Å². The quantitative estimate of drug-likeness (QED) is 0.729. The molecule has 4 nitrogen and oxygen atoms in total. The van der Waals surface area contributed by atoms with Crippen molar-refractivity contribution in [2.75, 3.05) is 6.54 Å². The highest BCUT2D eigenvalue weighted by Crippen LogP contribution is 2.22. The van der Waals surface area contributed by atoms with E-state index in [1.807, 2.05) is 0 Å². The van der Waals surface area contributed by atoms with E-state index in [9.17, 15) is 9.59 Å². The lowest BCUT2D eigenvalue weighted by atomic mass is 9.92. The minimum absolute atomic E-state index is 0.115. The van der Waals surface area contributed by atoms with Crippen LogP contribution in [0.3, 0.4) is 0 Å². The molecule has 0 heterocycles. The number of carbonyl (C=O) groups excluding carboxylic acids is 2. The molecule has 4 heteroatoms. The Morgan fingerprint density at radius 3 is 2.41 bits per heavy atom. The first-order valence-electron chi connectivity index (χ1n) is 6.19. The summed E-state index contributed by atoms with van der Waals surface area (Å²) in [7, 11) is 0. The summed E-state index contributed by atoms with van der Waals surface area (Å²) in [4.78, 5) is 22.7. The average molecular weight is 238 g/mol. The number of nitrogens with two attached hydrogens (primary N) is 1. The fraction of sp³-hybridized carbons (Fsp3) is 0.692. The monoisotopic (exact) mass is 238 g/mol. The van der Waals surface area contributed by atoms with Crippen molar-refractivity contribution < 1.29 is 9.59 Å². The summed E-state index contributed by atoms with van der Waals surface area (Å²) < 4.78 is 0. The summed E-state index contributed by atoms with van der Waals surface area (Å²) in [6.45, 7) is 3.73. The molecule has 0 radical (unpaired) electrons. The van der Waals surface area contributed by atoms with E-state index in [4.69, 9.17) is 5.73 Å². The lowest BCUT2D eigenvalue weighted by Crippen LogP contribution is -2.42. The van der Waals surface area contributed by atoms with Crippen molar-refractivity contribution in [3.63, 3.8) is 0 Å². The maximum absolute atomic E-state index is 11.6. The normalized spacial score (nSPS) is 16.5. The van der Waals surface area contributed by atoms with Gasteiger partial charge < -0.3 is 11.1 Å². The van der Waals surface area contributed by atoms with Crippen molar-refractivity contribution >= 4 is 11.8 Å². The van der Waals surface area contributed by atoms with Gasteiger partial charge in [0.2, 0.25) is 11.8 Å². The molecule has 2 amide bonds. The van der Waals surface area contributed by atoms with Gasteiger partial charge in [-0.05, 0) is 39.5 Å². The first-order chi connectivity index (χ1) is 7.92. The van der Waals surface area contributed by atoms with Crippen LogP contribution in [-0.4, -0.2) is 18.4 Å². The number of amides is 2. The van der Waals surface area contributed by atoms with E-state index in [0.717, 1.165) is 12.8 Å². The van der Waals surface area contributed by atoms with Crippen LogP contribution in [-0.2, 0) is 9.59 Å². The highest BCUT2D eigenvalue weighted by molar-refractivity contribution is 5.89. The number of rotatable bonds is 4. The van der Waals surface area contributed by atoms with Gasteiger partial charge in [0.25, 0.3) is 0 Å². The second kappa shape index (κ2) is 5.84. The van der Waals surface area contributed by atoms with Crippen LogP contribution >= 0.6 is 0 Å². The number of nitrogens with one attached hydrogen (secondary N) is 1. The molecule has 0 aliphatic heterocycles. The van der Waals surface area contributed by atoms with Crippen molar-refractivity contribution in [3.05, 3.63) is 11.6 Å². The molecule has 0 spiro atoms. The molecule has 1 fully saturated rings. The molecular formula is C13H22N2O2. The number of primary amides is 1. The van der Waals surface area contributed by atoms with Gasteiger partial charge in [-0.15, -0.1) is 0 Å². The second-order valence-corrected chi connectivity index (χ2v) is 5.33. The van der Waals surface area contributed by atoms with Crippen LogP contribution < -0.4 is 11.1 Å². The summed E-state index contributed by atoms with van der Waals surface area (Å²) in [5.41, 5.74) is 5.75. The first-order valence-corrected chi connectivity index (χ1v) is 6.19. The van der Waals surface area contributed by atoms with Crippen molar-refractivity contribution in [3.8, 4) is 0 Å². The Kier molecular flexibility index (Phi) is 4.73. The van der Waals surface area contributed by atoms with E-state index in [-0.39, 0.29) is 12.5 Å². The zero-order valence-electron chi connectivity index (χ0n) is 10.7. The van der Waals surface area contributed by atoms with E-state index in [1.165, 1.54) is 24.8 Å². The van der Waals surface area contributed by atoms with Gasteiger partial charge in [0.1, 0.15) is 0 Å². The van der Waals surface area contributed by atoms with Crippen LogP contribution in [0.25, 0.3) is 0 Å². The maximum atomic E-state index is 11.6. The Labute approximate surface area is 103 Å². The van der Waals surface area contributed by atoms with Crippen LogP contribution in [0.5, 0.6) is 0 Å². The van der Waals surface area contributed by atoms with E-state index in [1.54, 1.807) is 19.9 Å². The zero-order chi connectivity index (χ0) is 12.9. The van der Waals surface area contributed by atoms with Gasteiger partial charge in [-0.25, -0.2) is 0 Å². The van der Waals surface area contributed by atoms with Crippen LogP contribution in [0.4, 0.5) is 0 Å². The lowest BCUT2D eigenvalue weighted by Gasteiger charge is -2.20. The van der Waals surface area contributed by atoms with Crippen molar-refractivity contribution in [2.24, 2.45) is 11.1 Å². The Morgan fingerprint density at radius 1 is 1.29 bits per heavy atom. The molecule has 1 aliphatic rings. The number of hydrogen-bond acceptors (Lipinski definition) is 2. The topological polar surface area (TPSA) is 72.2 Å². The van der Waals surface area contributed by atoms with Crippen LogP contribution in [0.15, 0.2) is 11.6 Å². The van der Waals surface area contributed by atoms with Gasteiger partial charge in [-0.1, -0.05) is 12.0 Å². The minimum atomic E-state index is -0.694. The van der Waals surface area contributed by atoms with E-state index in [0.29, 0.717) is 0 Å². The molecule has 0 bridgehead atoms. The largest absolute Gasteiger partial charge is 0.369 e. The van der Waals surface area contributed by atoms with E-state index in [2.05, 4.69) is 5.32 Å². The molecular weight excluding hydrogens is 216 g/mol. The summed E-state index contributed by atoms with van der Waals surface area (Å²) in [6.07, 6.45) is 7.32. The van der Waals surface area contributed by atoms with Crippen LogP contribution in [0.2, 0.25) is 0 Å². The fourth-order valence-electron chi connectivity index (χ4n) is 1.78. The molecule has 96 valence electrons. The highest BCUT2D eigenvalue weighted by atomic mass is 16.2. The summed E-state index contributed by atoms with van der Waals surface area (Å²) in [5, 5.41) is 2.74. The molecule has 0 unspecified atom stereocenters. The zero-order valence-corrected chi connectivity index (χ0v) is 10.7.